The van der Waals surface area contributed by atoms with Gasteiger partial charge in [-0.1, -0.05) is 6.07 Å². The van der Waals surface area contributed by atoms with Crippen LogP contribution < -0.4 is 15.8 Å². The Morgan fingerprint density at radius 1 is 1.29 bits per heavy atom. The van der Waals surface area contributed by atoms with Crippen molar-refractivity contribution in [3.8, 4) is 5.75 Å². The molecule has 0 fully saturated rings. The van der Waals surface area contributed by atoms with Gasteiger partial charge in [-0.2, -0.15) is 0 Å². The maximum absolute atomic E-state index is 13.4. The van der Waals surface area contributed by atoms with E-state index >= 15 is 0 Å². The monoisotopic (exact) mass is 288 g/mol. The van der Waals surface area contributed by atoms with Crippen molar-refractivity contribution in [2.45, 2.75) is 13.0 Å². The normalized spacial score (nSPS) is 11.8. The molecule has 0 aliphatic carbocycles. The number of hydrogen-bond donors (Lipinski definition) is 2. The van der Waals surface area contributed by atoms with E-state index in [9.17, 15) is 9.18 Å². The van der Waals surface area contributed by atoms with Gasteiger partial charge in [0.2, 0.25) is 0 Å². The van der Waals surface area contributed by atoms with Crippen LogP contribution in [0.5, 0.6) is 5.75 Å². The molecule has 0 heterocycles. The molecule has 0 bridgehead atoms. The van der Waals surface area contributed by atoms with Crippen molar-refractivity contribution in [3.05, 3.63) is 59.4 Å². The second-order valence-corrected chi connectivity index (χ2v) is 4.71. The lowest BCUT2D eigenvalue weighted by Gasteiger charge is -2.17. The predicted octanol–water partition coefficient (Wildman–Crippen LogP) is 2.91. The van der Waals surface area contributed by atoms with Gasteiger partial charge in [0.15, 0.2) is 0 Å². The van der Waals surface area contributed by atoms with Gasteiger partial charge in [0.05, 0.1) is 13.2 Å². The Hall–Kier alpha value is -2.56. The van der Waals surface area contributed by atoms with E-state index in [2.05, 4.69) is 5.32 Å². The average molecular weight is 288 g/mol. The van der Waals surface area contributed by atoms with Crippen molar-refractivity contribution in [3.63, 3.8) is 0 Å². The summed E-state index contributed by atoms with van der Waals surface area (Å²) in [6.07, 6.45) is 0. The molecule has 0 aromatic heterocycles. The summed E-state index contributed by atoms with van der Waals surface area (Å²) < 4.78 is 18.6. The van der Waals surface area contributed by atoms with Crippen molar-refractivity contribution >= 4 is 11.6 Å². The zero-order chi connectivity index (χ0) is 15.4. The molecule has 0 saturated heterocycles. The lowest BCUT2D eigenvalue weighted by Crippen LogP contribution is -2.27. The molecule has 2 aromatic rings. The number of halogens is 1. The van der Waals surface area contributed by atoms with Crippen LogP contribution in [0.25, 0.3) is 0 Å². The summed E-state index contributed by atoms with van der Waals surface area (Å²) in [6.45, 7) is 1.77. The number of hydrogen-bond acceptors (Lipinski definition) is 3. The molecule has 1 amide bonds. The number of benzene rings is 2. The number of methoxy groups -OCH3 is 1. The molecular weight excluding hydrogens is 271 g/mol. The van der Waals surface area contributed by atoms with E-state index in [0.717, 1.165) is 0 Å². The van der Waals surface area contributed by atoms with E-state index in [1.54, 1.807) is 31.2 Å². The number of nitrogens with two attached hydrogens (primary N) is 1. The number of amides is 1. The van der Waals surface area contributed by atoms with Crippen LogP contribution in [0, 0.1) is 5.82 Å². The zero-order valence-electron chi connectivity index (χ0n) is 11.9. The Bertz CT molecular complexity index is 658. The summed E-state index contributed by atoms with van der Waals surface area (Å²) in [6, 6.07) is 10.5. The Morgan fingerprint density at radius 3 is 2.71 bits per heavy atom. The minimum absolute atomic E-state index is 0.277. The highest BCUT2D eigenvalue weighted by atomic mass is 19.1. The van der Waals surface area contributed by atoms with Crippen LogP contribution in [0.3, 0.4) is 0 Å². The fourth-order valence-electron chi connectivity index (χ4n) is 2.08. The molecule has 0 spiro atoms. The molecule has 5 heteroatoms. The van der Waals surface area contributed by atoms with Crippen molar-refractivity contribution < 1.29 is 13.9 Å². The number of nitrogen functional groups attached to an aromatic ring is 1. The van der Waals surface area contributed by atoms with E-state index in [1.807, 2.05) is 0 Å². The standard InChI is InChI=1S/C16H17FN2O2/c1-10(14-9-12(17)6-7-15(14)21-2)19-16(20)11-4-3-5-13(18)8-11/h3-10H,18H2,1-2H3,(H,19,20). The van der Waals surface area contributed by atoms with E-state index in [-0.39, 0.29) is 11.7 Å². The summed E-state index contributed by atoms with van der Waals surface area (Å²) in [7, 11) is 1.50. The third kappa shape index (κ3) is 3.51. The Balaban J connectivity index is 2.20. The van der Waals surface area contributed by atoms with E-state index in [1.165, 1.54) is 25.3 Å². The molecule has 110 valence electrons. The quantitative estimate of drug-likeness (QED) is 0.850. The number of carbonyl (C=O) groups is 1. The van der Waals surface area contributed by atoms with Crippen LogP contribution in [-0.2, 0) is 0 Å². The number of anilines is 1. The summed E-state index contributed by atoms with van der Waals surface area (Å²) >= 11 is 0. The second-order valence-electron chi connectivity index (χ2n) is 4.71. The largest absolute Gasteiger partial charge is 0.496 e. The molecule has 2 rings (SSSR count). The first-order valence-corrected chi connectivity index (χ1v) is 6.51. The molecule has 3 N–H and O–H groups in total. The summed E-state index contributed by atoms with van der Waals surface area (Å²) in [5, 5.41) is 2.80. The maximum atomic E-state index is 13.4. The fourth-order valence-corrected chi connectivity index (χ4v) is 2.08. The molecule has 0 aliphatic rings. The fraction of sp³-hybridized carbons (Fsp3) is 0.188. The number of nitrogens with one attached hydrogen (secondary N) is 1. The maximum Gasteiger partial charge on any atom is 0.251 e. The molecule has 21 heavy (non-hydrogen) atoms. The SMILES string of the molecule is COc1ccc(F)cc1C(C)NC(=O)c1cccc(N)c1. The number of carbonyl (C=O) groups excluding carboxylic acids is 1. The van der Waals surface area contributed by atoms with Crippen molar-refractivity contribution in [1.82, 2.24) is 5.32 Å². The van der Waals surface area contributed by atoms with E-state index < -0.39 is 6.04 Å². The van der Waals surface area contributed by atoms with Gasteiger partial charge in [-0.3, -0.25) is 4.79 Å². The van der Waals surface area contributed by atoms with Gasteiger partial charge in [0.25, 0.3) is 5.91 Å². The minimum Gasteiger partial charge on any atom is -0.496 e. The van der Waals surface area contributed by atoms with Gasteiger partial charge < -0.3 is 15.8 Å². The molecular formula is C16H17FN2O2. The van der Waals surface area contributed by atoms with Crippen LogP contribution in [0.15, 0.2) is 42.5 Å². The second kappa shape index (κ2) is 6.26. The highest BCUT2D eigenvalue weighted by Crippen LogP contribution is 2.26. The molecule has 0 radical (unpaired) electrons. The predicted molar refractivity (Wildman–Crippen MR) is 79.7 cm³/mol. The lowest BCUT2D eigenvalue weighted by molar-refractivity contribution is 0.0939. The van der Waals surface area contributed by atoms with Crippen LogP contribution in [0.2, 0.25) is 0 Å². The first-order valence-electron chi connectivity index (χ1n) is 6.51. The third-order valence-corrected chi connectivity index (χ3v) is 3.15. The third-order valence-electron chi connectivity index (χ3n) is 3.15. The summed E-state index contributed by atoms with van der Waals surface area (Å²) in [5.41, 5.74) is 7.20. The van der Waals surface area contributed by atoms with Gasteiger partial charge in [0.1, 0.15) is 11.6 Å². The van der Waals surface area contributed by atoms with Crippen LogP contribution in [0.4, 0.5) is 10.1 Å². The number of rotatable bonds is 4. The highest BCUT2D eigenvalue weighted by Gasteiger charge is 2.16. The Kier molecular flexibility index (Phi) is 4.42. The molecule has 0 aliphatic heterocycles. The van der Waals surface area contributed by atoms with Gasteiger partial charge in [-0.05, 0) is 43.3 Å². The average Bonchev–Trinajstić information content (AvgIpc) is 2.47. The van der Waals surface area contributed by atoms with Crippen molar-refractivity contribution in [2.75, 3.05) is 12.8 Å². The first kappa shape index (κ1) is 14.8. The smallest absolute Gasteiger partial charge is 0.251 e. The molecule has 4 nitrogen and oxygen atoms in total. The first-order chi connectivity index (χ1) is 10.0. The van der Waals surface area contributed by atoms with Crippen molar-refractivity contribution in [2.24, 2.45) is 0 Å². The topological polar surface area (TPSA) is 64.3 Å². The molecule has 1 atom stereocenters. The van der Waals surface area contributed by atoms with E-state index in [4.69, 9.17) is 10.5 Å². The van der Waals surface area contributed by atoms with E-state index in [0.29, 0.717) is 22.6 Å². The summed E-state index contributed by atoms with van der Waals surface area (Å²) in [5.74, 6) is -0.131. The van der Waals surface area contributed by atoms with Gasteiger partial charge in [-0.15, -0.1) is 0 Å². The molecule has 1 unspecified atom stereocenters. The van der Waals surface area contributed by atoms with Crippen LogP contribution in [0.1, 0.15) is 28.9 Å². The summed E-state index contributed by atoms with van der Waals surface area (Å²) in [4.78, 5) is 12.2. The molecule has 0 saturated carbocycles. The lowest BCUT2D eigenvalue weighted by atomic mass is 10.1. The number of ether oxygens (including phenoxy) is 1. The minimum atomic E-state index is -0.399. The Labute approximate surface area is 122 Å². The van der Waals surface area contributed by atoms with Gasteiger partial charge >= 0.3 is 0 Å². The van der Waals surface area contributed by atoms with Crippen LogP contribution >= 0.6 is 0 Å². The van der Waals surface area contributed by atoms with Crippen molar-refractivity contribution in [1.29, 1.82) is 0 Å². The zero-order valence-corrected chi connectivity index (χ0v) is 11.9. The molecule has 2 aromatic carbocycles. The van der Waals surface area contributed by atoms with Gasteiger partial charge in [-0.25, -0.2) is 4.39 Å². The Morgan fingerprint density at radius 2 is 2.05 bits per heavy atom. The van der Waals surface area contributed by atoms with Crippen LogP contribution in [-0.4, -0.2) is 13.0 Å². The van der Waals surface area contributed by atoms with Gasteiger partial charge in [0, 0.05) is 16.8 Å². The highest BCUT2D eigenvalue weighted by molar-refractivity contribution is 5.95.